The van der Waals surface area contributed by atoms with Crippen molar-refractivity contribution in [3.8, 4) is 11.5 Å². The first-order chi connectivity index (χ1) is 12.5. The molecule has 136 valence electrons. The number of hydrogen-bond acceptors (Lipinski definition) is 4. The van der Waals surface area contributed by atoms with Crippen molar-refractivity contribution in [1.82, 2.24) is 5.32 Å². The van der Waals surface area contributed by atoms with Gasteiger partial charge in [0.2, 0.25) is 0 Å². The lowest BCUT2D eigenvalue weighted by molar-refractivity contribution is 0.0947. The van der Waals surface area contributed by atoms with Crippen molar-refractivity contribution >= 4 is 17.5 Å². The van der Waals surface area contributed by atoms with Crippen LogP contribution in [-0.4, -0.2) is 31.6 Å². The molecule has 0 spiro atoms. The smallest absolute Gasteiger partial charge is 0.255 e. The number of amides is 2. The van der Waals surface area contributed by atoms with Gasteiger partial charge in [-0.3, -0.25) is 9.59 Å². The van der Waals surface area contributed by atoms with Crippen LogP contribution in [0.4, 0.5) is 5.69 Å². The highest BCUT2D eigenvalue weighted by Crippen LogP contribution is 2.32. The van der Waals surface area contributed by atoms with Crippen molar-refractivity contribution in [2.45, 2.75) is 13.8 Å². The SMILES string of the molecule is CC(C)CNC(=O)c1ccc(C(=O)Nc2ccc3c(c2)OCCO3)cc1. The topological polar surface area (TPSA) is 76.7 Å². The minimum absolute atomic E-state index is 0.141. The van der Waals surface area contributed by atoms with Gasteiger partial charge in [0.15, 0.2) is 11.5 Å². The summed E-state index contributed by atoms with van der Waals surface area (Å²) in [5, 5.41) is 5.67. The van der Waals surface area contributed by atoms with Gasteiger partial charge in [0.25, 0.3) is 11.8 Å². The first-order valence-corrected chi connectivity index (χ1v) is 8.62. The van der Waals surface area contributed by atoms with E-state index in [4.69, 9.17) is 9.47 Å². The van der Waals surface area contributed by atoms with Gasteiger partial charge in [0.1, 0.15) is 13.2 Å². The third-order valence-electron chi connectivity index (χ3n) is 3.88. The second-order valence-electron chi connectivity index (χ2n) is 6.49. The Balaban J connectivity index is 1.64. The standard InChI is InChI=1S/C20H22N2O4/c1-13(2)12-21-19(23)14-3-5-15(6-4-14)20(24)22-16-7-8-17-18(11-16)26-10-9-25-17/h3-8,11,13H,9-10,12H2,1-2H3,(H,21,23)(H,22,24). The Bertz CT molecular complexity index is 800. The molecule has 2 aromatic carbocycles. The molecule has 0 saturated heterocycles. The fourth-order valence-corrected chi connectivity index (χ4v) is 2.50. The summed E-state index contributed by atoms with van der Waals surface area (Å²) in [7, 11) is 0. The normalized spacial score (nSPS) is 12.6. The van der Waals surface area contributed by atoms with Crippen LogP contribution in [0.25, 0.3) is 0 Å². The highest BCUT2D eigenvalue weighted by Gasteiger charge is 2.14. The molecule has 6 heteroatoms. The predicted molar refractivity (Wildman–Crippen MR) is 99.0 cm³/mol. The molecule has 0 aromatic heterocycles. The van der Waals surface area contributed by atoms with Gasteiger partial charge in [0.05, 0.1) is 0 Å². The number of rotatable bonds is 5. The molecule has 0 atom stereocenters. The summed E-state index contributed by atoms with van der Waals surface area (Å²) in [5.74, 6) is 1.28. The molecular formula is C20H22N2O4. The van der Waals surface area contributed by atoms with E-state index in [0.29, 0.717) is 54.0 Å². The molecule has 1 heterocycles. The number of nitrogens with one attached hydrogen (secondary N) is 2. The van der Waals surface area contributed by atoms with Crippen LogP contribution < -0.4 is 20.1 Å². The zero-order chi connectivity index (χ0) is 18.5. The maximum absolute atomic E-state index is 12.4. The van der Waals surface area contributed by atoms with Crippen LogP contribution in [0.5, 0.6) is 11.5 Å². The molecule has 26 heavy (non-hydrogen) atoms. The minimum atomic E-state index is -0.254. The fourth-order valence-electron chi connectivity index (χ4n) is 2.50. The van der Waals surface area contributed by atoms with E-state index in [9.17, 15) is 9.59 Å². The van der Waals surface area contributed by atoms with E-state index >= 15 is 0 Å². The number of hydrogen-bond donors (Lipinski definition) is 2. The van der Waals surface area contributed by atoms with Crippen molar-refractivity contribution in [3.63, 3.8) is 0 Å². The van der Waals surface area contributed by atoms with Crippen LogP contribution in [0.1, 0.15) is 34.6 Å². The van der Waals surface area contributed by atoms with Crippen molar-refractivity contribution in [2.75, 3.05) is 25.1 Å². The highest BCUT2D eigenvalue weighted by molar-refractivity contribution is 6.05. The Hall–Kier alpha value is -3.02. The molecule has 0 saturated carbocycles. The van der Waals surface area contributed by atoms with Gasteiger partial charge in [0, 0.05) is 29.4 Å². The summed E-state index contributed by atoms with van der Waals surface area (Å²) in [4.78, 5) is 24.4. The molecule has 6 nitrogen and oxygen atoms in total. The van der Waals surface area contributed by atoms with E-state index in [1.807, 2.05) is 13.8 Å². The Kier molecular flexibility index (Phi) is 5.41. The fraction of sp³-hybridized carbons (Fsp3) is 0.300. The van der Waals surface area contributed by atoms with Gasteiger partial charge in [-0.2, -0.15) is 0 Å². The van der Waals surface area contributed by atoms with Crippen molar-refractivity contribution in [2.24, 2.45) is 5.92 Å². The summed E-state index contributed by atoms with van der Waals surface area (Å²) in [6.45, 7) is 5.70. The summed E-state index contributed by atoms with van der Waals surface area (Å²) >= 11 is 0. The van der Waals surface area contributed by atoms with Gasteiger partial charge < -0.3 is 20.1 Å². The zero-order valence-corrected chi connectivity index (χ0v) is 14.9. The second kappa shape index (κ2) is 7.91. The average molecular weight is 354 g/mol. The average Bonchev–Trinajstić information content (AvgIpc) is 2.66. The van der Waals surface area contributed by atoms with Crippen LogP contribution in [0.3, 0.4) is 0 Å². The summed E-state index contributed by atoms with van der Waals surface area (Å²) < 4.78 is 11.0. The van der Waals surface area contributed by atoms with Crippen LogP contribution in [0.15, 0.2) is 42.5 Å². The molecule has 2 aromatic rings. The van der Waals surface area contributed by atoms with Crippen molar-refractivity contribution in [1.29, 1.82) is 0 Å². The lowest BCUT2D eigenvalue weighted by atomic mass is 10.1. The maximum Gasteiger partial charge on any atom is 0.255 e. The highest BCUT2D eigenvalue weighted by atomic mass is 16.6. The summed E-state index contributed by atoms with van der Waals surface area (Å²) in [6.07, 6.45) is 0. The third-order valence-corrected chi connectivity index (χ3v) is 3.88. The van der Waals surface area contributed by atoms with Crippen LogP contribution in [0.2, 0.25) is 0 Å². The summed E-state index contributed by atoms with van der Waals surface area (Å²) in [6, 6.07) is 11.8. The Labute approximate surface area is 152 Å². The van der Waals surface area contributed by atoms with Gasteiger partial charge >= 0.3 is 0 Å². The molecule has 2 amide bonds. The molecule has 3 rings (SSSR count). The molecular weight excluding hydrogens is 332 g/mol. The van der Waals surface area contributed by atoms with Gasteiger partial charge in [-0.25, -0.2) is 0 Å². The molecule has 1 aliphatic heterocycles. The third kappa shape index (κ3) is 4.33. The minimum Gasteiger partial charge on any atom is -0.486 e. The van der Waals surface area contributed by atoms with E-state index in [2.05, 4.69) is 10.6 Å². The van der Waals surface area contributed by atoms with E-state index in [1.165, 1.54) is 0 Å². The summed E-state index contributed by atoms with van der Waals surface area (Å²) in [5.41, 5.74) is 1.62. The van der Waals surface area contributed by atoms with Gasteiger partial charge in [-0.15, -0.1) is 0 Å². The number of ether oxygens (including phenoxy) is 2. The second-order valence-corrected chi connectivity index (χ2v) is 6.49. The molecule has 0 radical (unpaired) electrons. The molecule has 2 N–H and O–H groups in total. The van der Waals surface area contributed by atoms with E-state index in [-0.39, 0.29) is 11.8 Å². The monoisotopic (exact) mass is 354 g/mol. The number of carbonyl (C=O) groups excluding carboxylic acids is 2. The van der Waals surface area contributed by atoms with E-state index in [0.717, 1.165) is 0 Å². The Morgan fingerprint density at radius 1 is 0.923 bits per heavy atom. The molecule has 0 fully saturated rings. The molecule has 0 bridgehead atoms. The van der Waals surface area contributed by atoms with Gasteiger partial charge in [-0.1, -0.05) is 13.8 Å². The quantitative estimate of drug-likeness (QED) is 0.865. The van der Waals surface area contributed by atoms with Crippen molar-refractivity contribution < 1.29 is 19.1 Å². The number of fused-ring (bicyclic) bond motifs is 1. The maximum atomic E-state index is 12.4. The van der Waals surface area contributed by atoms with Crippen LogP contribution in [0, 0.1) is 5.92 Å². The van der Waals surface area contributed by atoms with E-state index < -0.39 is 0 Å². The Morgan fingerprint density at radius 3 is 2.19 bits per heavy atom. The molecule has 1 aliphatic rings. The van der Waals surface area contributed by atoms with Crippen LogP contribution in [-0.2, 0) is 0 Å². The van der Waals surface area contributed by atoms with E-state index in [1.54, 1.807) is 42.5 Å². The first kappa shape index (κ1) is 17.8. The van der Waals surface area contributed by atoms with Crippen LogP contribution >= 0.6 is 0 Å². The largest absolute Gasteiger partial charge is 0.486 e. The number of carbonyl (C=O) groups is 2. The lowest BCUT2D eigenvalue weighted by Crippen LogP contribution is -2.27. The number of benzene rings is 2. The van der Waals surface area contributed by atoms with Crippen molar-refractivity contribution in [3.05, 3.63) is 53.6 Å². The molecule has 0 aliphatic carbocycles. The van der Waals surface area contributed by atoms with Gasteiger partial charge in [-0.05, 0) is 42.3 Å². The lowest BCUT2D eigenvalue weighted by Gasteiger charge is -2.19. The predicted octanol–water partition coefficient (Wildman–Crippen LogP) is 3.10. The number of anilines is 1. The molecule has 0 unspecified atom stereocenters. The Morgan fingerprint density at radius 2 is 1.54 bits per heavy atom. The first-order valence-electron chi connectivity index (χ1n) is 8.62. The zero-order valence-electron chi connectivity index (χ0n) is 14.9.